The van der Waals surface area contributed by atoms with Crippen LogP contribution >= 0.6 is 0 Å². The minimum absolute atomic E-state index is 0.0949. The lowest BCUT2D eigenvalue weighted by atomic mass is 10.3. The van der Waals surface area contributed by atoms with Crippen LogP contribution in [0, 0.1) is 0 Å². The van der Waals surface area contributed by atoms with E-state index in [0.717, 1.165) is 0 Å². The summed E-state index contributed by atoms with van der Waals surface area (Å²) in [5.41, 5.74) is 0. The van der Waals surface area contributed by atoms with Gasteiger partial charge in [0.05, 0.1) is 19.1 Å². The summed E-state index contributed by atoms with van der Waals surface area (Å²) in [6.45, 7) is 3.82. The van der Waals surface area contributed by atoms with E-state index < -0.39 is 6.10 Å². The normalized spacial score (nSPS) is 11.6. The van der Waals surface area contributed by atoms with Crippen molar-refractivity contribution in [2.45, 2.75) is 26.4 Å². The van der Waals surface area contributed by atoms with Gasteiger partial charge in [0.1, 0.15) is 5.75 Å². The molecular formula is C16H23NO5. The number of esters is 1. The Morgan fingerprint density at radius 3 is 2.55 bits per heavy atom. The Morgan fingerprint density at radius 2 is 1.95 bits per heavy atom. The van der Waals surface area contributed by atoms with Crippen LogP contribution in [-0.4, -0.2) is 54.3 Å². The Bertz CT molecular complexity index is 461. The number of aliphatic hydroxyl groups excluding tert-OH is 1. The molecule has 0 aliphatic heterocycles. The second-order valence-electron chi connectivity index (χ2n) is 4.85. The molecule has 0 saturated carbocycles. The number of ether oxygens (including phenoxy) is 2. The van der Waals surface area contributed by atoms with Gasteiger partial charge in [-0.2, -0.15) is 0 Å². The lowest BCUT2D eigenvalue weighted by Crippen LogP contribution is -2.40. The standard InChI is InChI=1S/C16H23NO5/c1-3-21-16(20)9-10-17(11-13(2)18)15(19)12-22-14-7-5-4-6-8-14/h4-8,13,18H,3,9-12H2,1-2H3. The highest BCUT2D eigenvalue weighted by atomic mass is 16.5. The van der Waals surface area contributed by atoms with Crippen LogP contribution in [0.1, 0.15) is 20.3 Å². The van der Waals surface area contributed by atoms with E-state index in [4.69, 9.17) is 9.47 Å². The van der Waals surface area contributed by atoms with Gasteiger partial charge in [0.25, 0.3) is 5.91 Å². The first-order chi connectivity index (χ1) is 10.5. The molecule has 0 fully saturated rings. The molecule has 1 amide bonds. The minimum atomic E-state index is -0.678. The molecule has 6 nitrogen and oxygen atoms in total. The summed E-state index contributed by atoms with van der Waals surface area (Å²) in [6, 6.07) is 8.99. The van der Waals surface area contributed by atoms with E-state index in [-0.39, 0.29) is 38.0 Å². The fraction of sp³-hybridized carbons (Fsp3) is 0.500. The van der Waals surface area contributed by atoms with Crippen molar-refractivity contribution >= 4 is 11.9 Å². The zero-order valence-electron chi connectivity index (χ0n) is 13.0. The molecule has 0 radical (unpaired) electrons. The van der Waals surface area contributed by atoms with Gasteiger partial charge >= 0.3 is 5.97 Å². The van der Waals surface area contributed by atoms with Crippen LogP contribution in [0.15, 0.2) is 30.3 Å². The van der Waals surface area contributed by atoms with Crippen molar-refractivity contribution < 1.29 is 24.2 Å². The molecule has 1 unspecified atom stereocenters. The second-order valence-corrected chi connectivity index (χ2v) is 4.85. The number of hydrogen-bond acceptors (Lipinski definition) is 5. The van der Waals surface area contributed by atoms with Crippen molar-refractivity contribution in [3.05, 3.63) is 30.3 Å². The molecule has 1 aromatic carbocycles. The second kappa shape index (κ2) is 9.78. The summed E-state index contributed by atoms with van der Waals surface area (Å²) in [5, 5.41) is 9.47. The fourth-order valence-electron chi connectivity index (χ4n) is 1.85. The van der Waals surface area contributed by atoms with E-state index in [0.29, 0.717) is 12.4 Å². The molecule has 1 rings (SSSR count). The van der Waals surface area contributed by atoms with Crippen LogP contribution in [0.5, 0.6) is 5.75 Å². The van der Waals surface area contributed by atoms with E-state index in [1.54, 1.807) is 26.0 Å². The first-order valence-corrected chi connectivity index (χ1v) is 7.32. The maximum atomic E-state index is 12.2. The molecule has 0 heterocycles. The van der Waals surface area contributed by atoms with Crippen LogP contribution < -0.4 is 4.74 Å². The summed E-state index contributed by atoms with van der Waals surface area (Å²) in [5.74, 6) is -0.0536. The van der Waals surface area contributed by atoms with Crippen LogP contribution in [0.3, 0.4) is 0 Å². The third kappa shape index (κ3) is 7.08. The molecule has 1 atom stereocenters. The number of rotatable bonds is 9. The number of nitrogens with zero attached hydrogens (tertiary/aromatic N) is 1. The van der Waals surface area contributed by atoms with Gasteiger partial charge in [-0.3, -0.25) is 9.59 Å². The van der Waals surface area contributed by atoms with Crippen molar-refractivity contribution in [1.29, 1.82) is 0 Å². The molecular weight excluding hydrogens is 286 g/mol. The van der Waals surface area contributed by atoms with E-state index in [1.165, 1.54) is 4.90 Å². The predicted octanol–water partition coefficient (Wildman–Crippen LogP) is 1.23. The highest BCUT2D eigenvalue weighted by Gasteiger charge is 2.17. The number of aliphatic hydroxyl groups is 1. The molecule has 1 N–H and O–H groups in total. The number of para-hydroxylation sites is 1. The first-order valence-electron chi connectivity index (χ1n) is 7.32. The van der Waals surface area contributed by atoms with Crippen LogP contribution in [0.4, 0.5) is 0 Å². The summed E-state index contributed by atoms with van der Waals surface area (Å²) in [4.78, 5) is 24.9. The van der Waals surface area contributed by atoms with Crippen LogP contribution in [0.25, 0.3) is 0 Å². The topological polar surface area (TPSA) is 76.1 Å². The Balaban J connectivity index is 2.50. The molecule has 0 saturated heterocycles. The van der Waals surface area contributed by atoms with Crippen molar-refractivity contribution in [3.63, 3.8) is 0 Å². The number of carbonyl (C=O) groups is 2. The Morgan fingerprint density at radius 1 is 1.27 bits per heavy atom. The summed E-state index contributed by atoms with van der Waals surface area (Å²) < 4.78 is 10.2. The summed E-state index contributed by atoms with van der Waals surface area (Å²) in [6.07, 6.45) is -0.583. The number of amides is 1. The number of hydrogen-bond donors (Lipinski definition) is 1. The maximum Gasteiger partial charge on any atom is 0.307 e. The SMILES string of the molecule is CCOC(=O)CCN(CC(C)O)C(=O)COc1ccccc1. The van der Waals surface area contributed by atoms with E-state index in [1.807, 2.05) is 18.2 Å². The molecule has 0 aliphatic rings. The highest BCUT2D eigenvalue weighted by Crippen LogP contribution is 2.08. The Labute approximate surface area is 130 Å². The number of benzene rings is 1. The van der Waals surface area contributed by atoms with Gasteiger partial charge in [-0.05, 0) is 26.0 Å². The van der Waals surface area contributed by atoms with E-state index >= 15 is 0 Å². The van der Waals surface area contributed by atoms with Gasteiger partial charge < -0.3 is 19.5 Å². The minimum Gasteiger partial charge on any atom is -0.484 e. The third-order valence-corrected chi connectivity index (χ3v) is 2.83. The molecule has 22 heavy (non-hydrogen) atoms. The fourth-order valence-corrected chi connectivity index (χ4v) is 1.85. The summed E-state index contributed by atoms with van der Waals surface area (Å²) >= 11 is 0. The van der Waals surface area contributed by atoms with Crippen molar-refractivity contribution in [3.8, 4) is 5.75 Å². The van der Waals surface area contributed by atoms with E-state index in [2.05, 4.69) is 0 Å². The quantitative estimate of drug-likeness (QED) is 0.694. The van der Waals surface area contributed by atoms with Crippen molar-refractivity contribution in [2.24, 2.45) is 0 Å². The van der Waals surface area contributed by atoms with Crippen molar-refractivity contribution in [1.82, 2.24) is 4.90 Å². The zero-order chi connectivity index (χ0) is 16.4. The van der Waals surface area contributed by atoms with Crippen LogP contribution in [-0.2, 0) is 14.3 Å². The highest BCUT2D eigenvalue weighted by molar-refractivity contribution is 5.78. The van der Waals surface area contributed by atoms with E-state index in [9.17, 15) is 14.7 Å². The molecule has 1 aromatic rings. The lowest BCUT2D eigenvalue weighted by molar-refractivity contribution is -0.144. The zero-order valence-corrected chi connectivity index (χ0v) is 13.0. The predicted molar refractivity (Wildman–Crippen MR) is 81.4 cm³/mol. The molecule has 0 aromatic heterocycles. The third-order valence-electron chi connectivity index (χ3n) is 2.83. The number of carbonyl (C=O) groups excluding carboxylic acids is 2. The monoisotopic (exact) mass is 309 g/mol. The van der Waals surface area contributed by atoms with Crippen molar-refractivity contribution in [2.75, 3.05) is 26.3 Å². The van der Waals surface area contributed by atoms with Gasteiger partial charge in [-0.25, -0.2) is 0 Å². The summed E-state index contributed by atoms with van der Waals surface area (Å²) in [7, 11) is 0. The van der Waals surface area contributed by atoms with Crippen LogP contribution in [0.2, 0.25) is 0 Å². The molecule has 0 aliphatic carbocycles. The molecule has 0 spiro atoms. The molecule has 6 heteroatoms. The van der Waals surface area contributed by atoms with Gasteiger partial charge in [0, 0.05) is 13.1 Å². The maximum absolute atomic E-state index is 12.2. The Kier molecular flexibility index (Phi) is 7.99. The lowest BCUT2D eigenvalue weighted by Gasteiger charge is -2.23. The smallest absolute Gasteiger partial charge is 0.307 e. The van der Waals surface area contributed by atoms with Gasteiger partial charge in [-0.15, -0.1) is 0 Å². The van der Waals surface area contributed by atoms with Gasteiger partial charge in [0.2, 0.25) is 0 Å². The largest absolute Gasteiger partial charge is 0.484 e. The first kappa shape index (κ1) is 18.0. The van der Waals surface area contributed by atoms with Gasteiger partial charge in [-0.1, -0.05) is 18.2 Å². The average Bonchev–Trinajstić information content (AvgIpc) is 2.50. The Hall–Kier alpha value is -2.08. The molecule has 122 valence electrons. The molecule has 0 bridgehead atoms. The average molecular weight is 309 g/mol. The van der Waals surface area contributed by atoms with Gasteiger partial charge in [0.15, 0.2) is 6.61 Å².